The summed E-state index contributed by atoms with van der Waals surface area (Å²) in [7, 11) is -3.98. The Morgan fingerprint density at radius 1 is 0.722 bits per heavy atom. The smallest absolute Gasteiger partial charge is 0.342 e. The lowest BCUT2D eigenvalue weighted by atomic mass is 10.0. The van der Waals surface area contributed by atoms with Crippen molar-refractivity contribution in [1.29, 1.82) is 0 Å². The summed E-state index contributed by atoms with van der Waals surface area (Å²) in [5.74, 6) is -3.80. The third-order valence-corrected chi connectivity index (χ3v) is 8.13. The molecule has 0 radical (unpaired) electrons. The molecule has 36 heavy (non-hydrogen) atoms. The summed E-state index contributed by atoms with van der Waals surface area (Å²) >= 11 is 0. The van der Waals surface area contributed by atoms with Crippen LogP contribution in [0.5, 0.6) is 0 Å². The van der Waals surface area contributed by atoms with Crippen LogP contribution >= 0.6 is 0 Å². The predicted molar refractivity (Wildman–Crippen MR) is 139 cm³/mol. The van der Waals surface area contributed by atoms with Crippen LogP contribution in [0.2, 0.25) is 0 Å². The van der Waals surface area contributed by atoms with Gasteiger partial charge in [-0.3, -0.25) is 10.1 Å². The minimum Gasteiger partial charge on any atom is -0.477 e. The Bertz CT molecular complexity index is 924. The van der Waals surface area contributed by atoms with Crippen molar-refractivity contribution in [2.45, 2.75) is 115 Å². The van der Waals surface area contributed by atoms with Crippen molar-refractivity contribution in [3.05, 3.63) is 33.4 Å². The minimum absolute atomic E-state index is 0.276. The number of aromatic carboxylic acids is 2. The number of carboxylic acid groups (broad SMARTS) is 2. The van der Waals surface area contributed by atoms with Crippen molar-refractivity contribution in [2.24, 2.45) is 0 Å². The summed E-state index contributed by atoms with van der Waals surface area (Å²) < 4.78 is 25.3. The number of nitrogens with zero attached hydrogens (tertiary/aromatic N) is 1. The first-order chi connectivity index (χ1) is 17.1. The average Bonchev–Trinajstić information content (AvgIpc) is 2.82. The molecule has 9 nitrogen and oxygen atoms in total. The lowest BCUT2D eigenvalue weighted by Crippen LogP contribution is -2.14. The number of hydrogen-bond donors (Lipinski definition) is 2. The Labute approximate surface area is 214 Å². The maximum atomic E-state index is 12.7. The zero-order valence-electron chi connectivity index (χ0n) is 21.4. The van der Waals surface area contributed by atoms with Crippen LogP contribution in [0, 0.1) is 10.1 Å². The Kier molecular flexibility index (Phi) is 14.9. The van der Waals surface area contributed by atoms with E-state index in [4.69, 9.17) is 0 Å². The number of rotatable bonds is 21. The number of carbonyl (C=O) groups is 2. The Morgan fingerprint density at radius 2 is 1.06 bits per heavy atom. The van der Waals surface area contributed by atoms with E-state index in [1.807, 2.05) is 0 Å². The molecule has 10 heteroatoms. The van der Waals surface area contributed by atoms with Gasteiger partial charge in [-0.05, 0) is 18.6 Å². The molecule has 0 heterocycles. The molecular weight excluding hydrogens is 486 g/mol. The Balaban J connectivity index is 2.35. The van der Waals surface area contributed by atoms with E-state index >= 15 is 0 Å². The molecule has 0 atom stereocenters. The lowest BCUT2D eigenvalue weighted by Gasteiger charge is -2.09. The zero-order chi connectivity index (χ0) is 27.0. The fourth-order valence-electron chi connectivity index (χ4n) is 4.27. The molecule has 204 valence electrons. The zero-order valence-corrected chi connectivity index (χ0v) is 22.2. The van der Waals surface area contributed by atoms with E-state index in [1.54, 1.807) is 0 Å². The quantitative estimate of drug-likeness (QED) is 0.0982. The maximum Gasteiger partial charge on any atom is 0.342 e. The first kappa shape index (κ1) is 31.5. The third-order valence-electron chi connectivity index (χ3n) is 6.35. The first-order valence-corrected chi connectivity index (χ1v) is 14.8. The van der Waals surface area contributed by atoms with Gasteiger partial charge in [0.2, 0.25) is 0 Å². The molecule has 1 aromatic carbocycles. The van der Waals surface area contributed by atoms with Gasteiger partial charge >= 0.3 is 11.9 Å². The van der Waals surface area contributed by atoms with Crippen LogP contribution < -0.4 is 0 Å². The van der Waals surface area contributed by atoms with Crippen LogP contribution in [0.25, 0.3) is 0 Å². The van der Waals surface area contributed by atoms with E-state index < -0.39 is 48.4 Å². The minimum atomic E-state index is -3.98. The highest BCUT2D eigenvalue weighted by atomic mass is 32.2. The SMILES string of the molecule is CCCCCCCCCCCCCCCCCCS(=O)(=O)c1cc(C(=O)O)c([N+](=O)[O-])c(C(=O)O)c1. The van der Waals surface area contributed by atoms with Crippen molar-refractivity contribution in [3.8, 4) is 0 Å². The normalized spacial score (nSPS) is 11.5. The maximum absolute atomic E-state index is 12.7. The lowest BCUT2D eigenvalue weighted by molar-refractivity contribution is -0.385. The second-order valence-electron chi connectivity index (χ2n) is 9.36. The van der Waals surface area contributed by atoms with E-state index in [0.717, 1.165) is 19.3 Å². The molecule has 0 amide bonds. The van der Waals surface area contributed by atoms with Gasteiger partial charge < -0.3 is 10.2 Å². The van der Waals surface area contributed by atoms with Gasteiger partial charge in [-0.25, -0.2) is 18.0 Å². The van der Waals surface area contributed by atoms with Crippen molar-refractivity contribution in [1.82, 2.24) is 0 Å². The standard InChI is InChI=1S/C26H41NO8S/c1-2-3-4-5-6-7-8-9-10-11-12-13-14-15-16-17-18-36(34,35)21-19-22(25(28)29)24(27(32)33)23(20-21)26(30)31/h19-20H,2-18H2,1H3,(H,28,29)(H,30,31). The molecule has 1 aromatic rings. The fourth-order valence-corrected chi connectivity index (χ4v) is 5.68. The summed E-state index contributed by atoms with van der Waals surface area (Å²) in [6.45, 7) is 2.23. The van der Waals surface area contributed by atoms with Crippen LogP contribution in [0.15, 0.2) is 17.0 Å². The molecule has 0 fully saturated rings. The highest BCUT2D eigenvalue weighted by molar-refractivity contribution is 7.91. The van der Waals surface area contributed by atoms with Crippen molar-refractivity contribution >= 4 is 27.5 Å². The van der Waals surface area contributed by atoms with Gasteiger partial charge in [0.1, 0.15) is 11.1 Å². The summed E-state index contributed by atoms with van der Waals surface area (Å²) in [5.41, 5.74) is -3.03. The average molecular weight is 528 g/mol. The second-order valence-corrected chi connectivity index (χ2v) is 11.5. The fraction of sp³-hybridized carbons (Fsp3) is 0.692. The van der Waals surface area contributed by atoms with Crippen LogP contribution in [0.1, 0.15) is 130 Å². The Hall–Kier alpha value is -2.49. The van der Waals surface area contributed by atoms with E-state index in [9.17, 15) is 38.3 Å². The van der Waals surface area contributed by atoms with Gasteiger partial charge in [0, 0.05) is 0 Å². The number of nitro groups is 1. The van der Waals surface area contributed by atoms with E-state index in [0.29, 0.717) is 25.0 Å². The van der Waals surface area contributed by atoms with Gasteiger partial charge in [0.15, 0.2) is 9.84 Å². The number of benzene rings is 1. The molecule has 0 aliphatic heterocycles. The molecule has 0 unspecified atom stereocenters. The van der Waals surface area contributed by atoms with Gasteiger partial charge in [-0.15, -0.1) is 0 Å². The van der Waals surface area contributed by atoms with Gasteiger partial charge in [0.05, 0.1) is 15.6 Å². The molecule has 0 aliphatic rings. The molecular formula is C26H41NO8S. The molecule has 2 N–H and O–H groups in total. The number of unbranched alkanes of at least 4 members (excludes halogenated alkanes) is 15. The van der Waals surface area contributed by atoms with Crippen LogP contribution in [-0.2, 0) is 9.84 Å². The monoisotopic (exact) mass is 527 g/mol. The van der Waals surface area contributed by atoms with Crippen molar-refractivity contribution in [3.63, 3.8) is 0 Å². The number of sulfone groups is 1. The number of carboxylic acids is 2. The van der Waals surface area contributed by atoms with E-state index in [-0.39, 0.29) is 5.75 Å². The number of nitro benzene ring substituents is 1. The topological polar surface area (TPSA) is 152 Å². The van der Waals surface area contributed by atoms with Crippen LogP contribution in [0.3, 0.4) is 0 Å². The van der Waals surface area contributed by atoms with E-state index in [2.05, 4.69) is 6.92 Å². The molecule has 0 saturated heterocycles. The van der Waals surface area contributed by atoms with Crippen molar-refractivity contribution in [2.75, 3.05) is 5.75 Å². The van der Waals surface area contributed by atoms with Gasteiger partial charge in [-0.2, -0.15) is 0 Å². The second kappa shape index (κ2) is 17.1. The summed E-state index contributed by atoms with van der Waals surface area (Å²) in [6.07, 6.45) is 18.3. The molecule has 0 aliphatic carbocycles. The van der Waals surface area contributed by atoms with E-state index in [1.165, 1.54) is 70.6 Å². The molecule has 1 rings (SSSR count). The van der Waals surface area contributed by atoms with Gasteiger partial charge in [-0.1, -0.05) is 103 Å². The molecule has 0 spiro atoms. The third kappa shape index (κ3) is 11.5. The van der Waals surface area contributed by atoms with Crippen LogP contribution in [0.4, 0.5) is 5.69 Å². The van der Waals surface area contributed by atoms with Crippen LogP contribution in [-0.4, -0.2) is 41.2 Å². The molecule has 0 aromatic heterocycles. The number of hydrogen-bond acceptors (Lipinski definition) is 6. The highest BCUT2D eigenvalue weighted by Crippen LogP contribution is 2.29. The Morgan fingerprint density at radius 3 is 1.36 bits per heavy atom. The molecule has 0 bridgehead atoms. The first-order valence-electron chi connectivity index (χ1n) is 13.1. The largest absolute Gasteiger partial charge is 0.477 e. The highest BCUT2D eigenvalue weighted by Gasteiger charge is 2.31. The predicted octanol–water partition coefficient (Wildman–Crippen LogP) is 7.03. The molecule has 0 saturated carbocycles. The van der Waals surface area contributed by atoms with Crippen molar-refractivity contribution < 1.29 is 33.1 Å². The summed E-state index contributed by atoms with van der Waals surface area (Å²) in [6, 6.07) is 1.35. The van der Waals surface area contributed by atoms with Gasteiger partial charge in [0.25, 0.3) is 5.69 Å². The summed E-state index contributed by atoms with van der Waals surface area (Å²) in [4.78, 5) is 32.3. The summed E-state index contributed by atoms with van der Waals surface area (Å²) in [5, 5.41) is 29.7.